The van der Waals surface area contributed by atoms with Crippen LogP contribution in [0.15, 0.2) is 35.3 Å². The van der Waals surface area contributed by atoms with Gasteiger partial charge in [0.05, 0.1) is 15.4 Å². The quantitative estimate of drug-likeness (QED) is 0.480. The fraction of sp³-hybridized carbons (Fsp3) is 0.385. The lowest BCUT2D eigenvalue weighted by molar-refractivity contribution is -0.385. The molecule has 1 saturated heterocycles. The van der Waals surface area contributed by atoms with E-state index in [9.17, 15) is 10.1 Å². The molecule has 1 fully saturated rings. The molecule has 1 aliphatic heterocycles. The third-order valence-electron chi connectivity index (χ3n) is 3.28. The summed E-state index contributed by atoms with van der Waals surface area (Å²) in [6.45, 7) is 7.57. The minimum absolute atomic E-state index is 0. The summed E-state index contributed by atoms with van der Waals surface area (Å²) in [5, 5.41) is 14.3. The van der Waals surface area contributed by atoms with E-state index in [2.05, 4.69) is 32.7 Å². The van der Waals surface area contributed by atoms with E-state index >= 15 is 0 Å². The summed E-state index contributed by atoms with van der Waals surface area (Å²) in [4.78, 5) is 12.9. The molecule has 0 unspecified atom stereocenters. The van der Waals surface area contributed by atoms with E-state index in [0.717, 1.165) is 31.7 Å². The highest BCUT2D eigenvalue weighted by atomic mass is 79.9. The van der Waals surface area contributed by atoms with Crippen LogP contribution in [0.25, 0.3) is 0 Å². The van der Waals surface area contributed by atoms with Gasteiger partial charge in [0.15, 0.2) is 0 Å². The van der Waals surface area contributed by atoms with Crippen LogP contribution < -0.4 is 5.32 Å². The average molecular weight is 399 g/mol. The molecular formula is C13H18BrCl2N3O2. The summed E-state index contributed by atoms with van der Waals surface area (Å²) in [6.07, 6.45) is 1.85. The Morgan fingerprint density at radius 3 is 2.52 bits per heavy atom. The van der Waals surface area contributed by atoms with Crippen molar-refractivity contribution in [3.63, 3.8) is 0 Å². The van der Waals surface area contributed by atoms with Crippen molar-refractivity contribution >= 4 is 46.4 Å². The molecule has 1 heterocycles. The zero-order valence-electron chi connectivity index (χ0n) is 11.3. The molecule has 8 heteroatoms. The number of nitrogens with one attached hydrogen (secondary N) is 1. The highest BCUT2D eigenvalue weighted by Gasteiger charge is 2.22. The van der Waals surface area contributed by atoms with Crippen LogP contribution in [-0.2, 0) is 0 Å². The number of rotatable bonds is 4. The van der Waals surface area contributed by atoms with Crippen LogP contribution in [0.5, 0.6) is 0 Å². The van der Waals surface area contributed by atoms with Gasteiger partial charge in [0.2, 0.25) is 0 Å². The zero-order chi connectivity index (χ0) is 13.8. The van der Waals surface area contributed by atoms with Gasteiger partial charge in [-0.1, -0.05) is 12.1 Å². The lowest BCUT2D eigenvalue weighted by atomic mass is 10.0. The van der Waals surface area contributed by atoms with E-state index in [0.29, 0.717) is 4.47 Å². The van der Waals surface area contributed by atoms with E-state index in [-0.39, 0.29) is 41.5 Å². The molecule has 21 heavy (non-hydrogen) atoms. The van der Waals surface area contributed by atoms with Gasteiger partial charge < -0.3 is 5.32 Å². The molecule has 118 valence electrons. The van der Waals surface area contributed by atoms with Crippen LogP contribution >= 0.6 is 40.7 Å². The Labute approximate surface area is 144 Å². The normalized spacial score (nSPS) is 16.2. The predicted molar refractivity (Wildman–Crippen MR) is 92.7 cm³/mol. The van der Waals surface area contributed by atoms with Crippen molar-refractivity contribution in [2.45, 2.75) is 6.04 Å². The largest absolute Gasteiger partial charge is 0.314 e. The van der Waals surface area contributed by atoms with Crippen LogP contribution in [-0.4, -0.2) is 36.0 Å². The van der Waals surface area contributed by atoms with E-state index < -0.39 is 0 Å². The Hall–Kier alpha value is -0.660. The van der Waals surface area contributed by atoms with Crippen molar-refractivity contribution in [1.82, 2.24) is 10.2 Å². The van der Waals surface area contributed by atoms with Crippen molar-refractivity contribution in [1.29, 1.82) is 0 Å². The Morgan fingerprint density at radius 2 is 2.00 bits per heavy atom. The summed E-state index contributed by atoms with van der Waals surface area (Å²) in [5.74, 6) is 0. The van der Waals surface area contributed by atoms with Gasteiger partial charge in [0, 0.05) is 32.2 Å². The summed E-state index contributed by atoms with van der Waals surface area (Å²) in [7, 11) is 0. The minimum atomic E-state index is -0.370. The van der Waals surface area contributed by atoms with Gasteiger partial charge in [-0.15, -0.1) is 31.4 Å². The van der Waals surface area contributed by atoms with E-state index in [1.165, 1.54) is 0 Å². The fourth-order valence-corrected chi connectivity index (χ4v) is 2.70. The summed E-state index contributed by atoms with van der Waals surface area (Å²) < 4.78 is 0.504. The molecule has 0 aliphatic carbocycles. The molecule has 1 atom stereocenters. The van der Waals surface area contributed by atoms with Crippen LogP contribution in [0.3, 0.4) is 0 Å². The van der Waals surface area contributed by atoms with Crippen molar-refractivity contribution in [2.75, 3.05) is 26.2 Å². The van der Waals surface area contributed by atoms with Crippen LogP contribution in [0, 0.1) is 10.1 Å². The summed E-state index contributed by atoms with van der Waals surface area (Å²) >= 11 is 3.21. The first-order valence-electron chi connectivity index (χ1n) is 6.14. The standard InChI is InChI=1S/C13H16BrN3O2.2ClH/c1-2-12(16-7-5-15-6-8-16)10-3-4-11(14)13(9-10)17(18)19;;/h2-4,9,12,15H,1,5-8H2;2*1H/t12-;;/m1../s1. The second kappa shape index (κ2) is 9.38. The van der Waals surface area contributed by atoms with Gasteiger partial charge in [0.25, 0.3) is 5.69 Å². The van der Waals surface area contributed by atoms with Crippen molar-refractivity contribution in [3.05, 3.63) is 51.0 Å². The lowest BCUT2D eigenvalue weighted by Gasteiger charge is -2.33. The van der Waals surface area contributed by atoms with Gasteiger partial charge in [-0.05, 0) is 27.6 Å². The van der Waals surface area contributed by atoms with Gasteiger partial charge >= 0.3 is 0 Å². The second-order valence-electron chi connectivity index (χ2n) is 4.43. The molecule has 0 bridgehead atoms. The third kappa shape index (κ3) is 4.93. The maximum Gasteiger partial charge on any atom is 0.283 e. The Bertz CT molecular complexity index is 496. The minimum Gasteiger partial charge on any atom is -0.314 e. The molecule has 2 rings (SSSR count). The van der Waals surface area contributed by atoms with Crippen LogP contribution in [0.1, 0.15) is 11.6 Å². The fourth-order valence-electron chi connectivity index (χ4n) is 2.31. The first-order chi connectivity index (χ1) is 9.13. The molecule has 1 aliphatic rings. The molecule has 5 nitrogen and oxygen atoms in total. The smallest absolute Gasteiger partial charge is 0.283 e. The molecule has 0 amide bonds. The van der Waals surface area contributed by atoms with Crippen LogP contribution in [0.4, 0.5) is 5.69 Å². The second-order valence-corrected chi connectivity index (χ2v) is 5.29. The summed E-state index contributed by atoms with van der Waals surface area (Å²) in [5.41, 5.74) is 1.01. The SMILES string of the molecule is C=C[C@H](c1ccc(Br)c([N+](=O)[O-])c1)N1CCNCC1.Cl.Cl. The van der Waals surface area contributed by atoms with Crippen molar-refractivity contribution in [2.24, 2.45) is 0 Å². The molecule has 0 radical (unpaired) electrons. The Kier molecular flexibility index (Phi) is 9.08. The first-order valence-corrected chi connectivity index (χ1v) is 6.94. The van der Waals surface area contributed by atoms with Gasteiger partial charge in [-0.2, -0.15) is 0 Å². The number of hydrogen-bond acceptors (Lipinski definition) is 4. The maximum absolute atomic E-state index is 11.0. The highest BCUT2D eigenvalue weighted by molar-refractivity contribution is 9.10. The first kappa shape index (κ1) is 20.3. The average Bonchev–Trinajstić information content (AvgIpc) is 2.42. The summed E-state index contributed by atoms with van der Waals surface area (Å²) in [6, 6.07) is 5.28. The molecule has 0 aromatic heterocycles. The van der Waals surface area contributed by atoms with E-state index in [1.807, 2.05) is 12.1 Å². The Balaban J connectivity index is 0.00000200. The number of halogens is 3. The number of benzene rings is 1. The van der Waals surface area contributed by atoms with Crippen molar-refractivity contribution < 1.29 is 4.92 Å². The zero-order valence-corrected chi connectivity index (χ0v) is 14.5. The third-order valence-corrected chi connectivity index (χ3v) is 3.95. The topological polar surface area (TPSA) is 58.4 Å². The predicted octanol–water partition coefficient (Wildman–Crippen LogP) is 3.33. The molecule has 1 N–H and O–H groups in total. The highest BCUT2D eigenvalue weighted by Crippen LogP contribution is 2.30. The van der Waals surface area contributed by atoms with E-state index in [1.54, 1.807) is 12.1 Å². The van der Waals surface area contributed by atoms with Gasteiger partial charge in [-0.25, -0.2) is 0 Å². The maximum atomic E-state index is 11.0. The van der Waals surface area contributed by atoms with Gasteiger partial charge in [-0.3, -0.25) is 15.0 Å². The molecule has 0 saturated carbocycles. The Morgan fingerprint density at radius 1 is 1.38 bits per heavy atom. The number of piperazine rings is 1. The number of hydrogen-bond donors (Lipinski definition) is 1. The molecule has 1 aromatic carbocycles. The number of nitrogens with zero attached hydrogens (tertiary/aromatic N) is 2. The lowest BCUT2D eigenvalue weighted by Crippen LogP contribution is -2.44. The van der Waals surface area contributed by atoms with Gasteiger partial charge in [0.1, 0.15) is 0 Å². The van der Waals surface area contributed by atoms with E-state index in [4.69, 9.17) is 0 Å². The number of nitro benzene ring substituents is 1. The monoisotopic (exact) mass is 397 g/mol. The molecule has 0 spiro atoms. The van der Waals surface area contributed by atoms with Crippen LogP contribution in [0.2, 0.25) is 0 Å². The molecule has 1 aromatic rings. The molecular weight excluding hydrogens is 381 g/mol. The number of nitro groups is 1. The van der Waals surface area contributed by atoms with Crippen molar-refractivity contribution in [3.8, 4) is 0 Å².